The van der Waals surface area contributed by atoms with E-state index in [1.165, 1.54) is 11.3 Å². The van der Waals surface area contributed by atoms with Gasteiger partial charge in [0, 0.05) is 22.6 Å². The van der Waals surface area contributed by atoms with Gasteiger partial charge in [-0.1, -0.05) is 17.3 Å². The van der Waals surface area contributed by atoms with Gasteiger partial charge in [-0.3, -0.25) is 0 Å². The van der Waals surface area contributed by atoms with E-state index < -0.39 is 5.97 Å². The molecular formula is C22H19N3O4S. The van der Waals surface area contributed by atoms with Crippen LogP contribution in [0.1, 0.15) is 46.2 Å². The lowest BCUT2D eigenvalue weighted by Gasteiger charge is -2.06. The molecule has 1 aliphatic rings. The van der Waals surface area contributed by atoms with E-state index in [1.807, 2.05) is 35.7 Å². The summed E-state index contributed by atoms with van der Waals surface area (Å²) in [6.07, 6.45) is 2.15. The Morgan fingerprint density at radius 3 is 2.93 bits per heavy atom. The second-order valence-corrected chi connectivity index (χ2v) is 8.13. The summed E-state index contributed by atoms with van der Waals surface area (Å²) in [4.78, 5) is 22.0. The van der Waals surface area contributed by atoms with Gasteiger partial charge in [-0.15, -0.1) is 11.3 Å². The fourth-order valence-corrected chi connectivity index (χ4v) is 4.14. The highest BCUT2D eigenvalue weighted by Crippen LogP contribution is 2.40. The molecule has 1 aromatic carbocycles. The van der Waals surface area contributed by atoms with Gasteiger partial charge in [-0.25, -0.2) is 14.8 Å². The summed E-state index contributed by atoms with van der Waals surface area (Å²) in [5, 5.41) is 7.31. The molecule has 0 saturated heterocycles. The topological polar surface area (TPSA) is 87.3 Å². The maximum atomic E-state index is 12.9. The van der Waals surface area contributed by atoms with Crippen molar-refractivity contribution in [3.8, 4) is 16.3 Å². The summed E-state index contributed by atoms with van der Waals surface area (Å²) >= 11 is 1.50. The second kappa shape index (κ2) is 7.53. The van der Waals surface area contributed by atoms with Crippen LogP contribution in [0.2, 0.25) is 0 Å². The number of nitrogens with zero attached hydrogens (tertiary/aromatic N) is 3. The monoisotopic (exact) mass is 421 g/mol. The first-order valence-corrected chi connectivity index (χ1v) is 10.5. The molecule has 1 fully saturated rings. The lowest BCUT2D eigenvalue weighted by atomic mass is 10.1. The number of fused-ring (bicyclic) bond motifs is 1. The maximum Gasteiger partial charge on any atom is 0.339 e. The maximum absolute atomic E-state index is 12.9. The summed E-state index contributed by atoms with van der Waals surface area (Å²) in [6.45, 7) is 1.88. The molecule has 0 amide bonds. The van der Waals surface area contributed by atoms with Crippen LogP contribution in [-0.4, -0.2) is 28.2 Å². The predicted molar refractivity (Wildman–Crippen MR) is 112 cm³/mol. The zero-order valence-electron chi connectivity index (χ0n) is 16.5. The highest BCUT2D eigenvalue weighted by molar-refractivity contribution is 7.13. The van der Waals surface area contributed by atoms with Gasteiger partial charge in [0.1, 0.15) is 17.4 Å². The molecule has 7 nitrogen and oxygen atoms in total. The number of aryl methyl sites for hydroxylation is 1. The van der Waals surface area contributed by atoms with Gasteiger partial charge < -0.3 is 14.0 Å². The number of aromatic nitrogens is 3. The number of rotatable bonds is 6. The molecular weight excluding hydrogens is 402 g/mol. The highest BCUT2D eigenvalue weighted by Gasteiger charge is 2.29. The highest BCUT2D eigenvalue weighted by atomic mass is 32.1. The van der Waals surface area contributed by atoms with Crippen molar-refractivity contribution in [2.75, 3.05) is 7.11 Å². The summed E-state index contributed by atoms with van der Waals surface area (Å²) in [5.41, 5.74) is 3.98. The number of benzene rings is 1. The molecule has 0 radical (unpaired) electrons. The minimum Gasteiger partial charge on any atom is -0.497 e. The van der Waals surface area contributed by atoms with Crippen molar-refractivity contribution in [3.63, 3.8) is 0 Å². The Bertz CT molecular complexity index is 1240. The quantitative estimate of drug-likeness (QED) is 0.409. The van der Waals surface area contributed by atoms with Crippen molar-refractivity contribution in [1.29, 1.82) is 0 Å². The molecule has 0 N–H and O–H groups in total. The van der Waals surface area contributed by atoms with Crippen molar-refractivity contribution < 1.29 is 18.8 Å². The number of pyridine rings is 1. The van der Waals surface area contributed by atoms with E-state index in [0.29, 0.717) is 34.0 Å². The van der Waals surface area contributed by atoms with Gasteiger partial charge in [0.2, 0.25) is 0 Å². The molecule has 5 rings (SSSR count). The van der Waals surface area contributed by atoms with E-state index >= 15 is 0 Å². The number of hydrogen-bond acceptors (Lipinski definition) is 8. The van der Waals surface area contributed by atoms with Crippen LogP contribution in [0.3, 0.4) is 0 Å². The number of ether oxygens (including phenoxy) is 2. The third kappa shape index (κ3) is 3.54. The zero-order chi connectivity index (χ0) is 20.7. The van der Waals surface area contributed by atoms with Crippen molar-refractivity contribution >= 4 is 28.4 Å². The molecule has 30 heavy (non-hydrogen) atoms. The van der Waals surface area contributed by atoms with Crippen LogP contribution in [0, 0.1) is 6.92 Å². The molecule has 0 spiro atoms. The van der Waals surface area contributed by atoms with Gasteiger partial charge in [0.15, 0.2) is 0 Å². The number of carbonyl (C=O) groups excluding carboxylic acids is 1. The Hall–Kier alpha value is -3.26. The molecule has 1 aliphatic carbocycles. The van der Waals surface area contributed by atoms with E-state index in [-0.39, 0.29) is 6.61 Å². The first-order valence-electron chi connectivity index (χ1n) is 9.65. The number of hydrogen-bond donors (Lipinski definition) is 0. The van der Waals surface area contributed by atoms with Crippen molar-refractivity contribution in [2.24, 2.45) is 0 Å². The fraction of sp³-hybridized carbons (Fsp3) is 0.273. The number of thiazole rings is 1. The number of methoxy groups -OCH3 is 1. The molecule has 0 aliphatic heterocycles. The number of esters is 1. The second-order valence-electron chi connectivity index (χ2n) is 7.27. The van der Waals surface area contributed by atoms with E-state index in [2.05, 4.69) is 15.1 Å². The van der Waals surface area contributed by atoms with E-state index in [4.69, 9.17) is 14.0 Å². The Balaban J connectivity index is 1.35. The Labute approximate surface area is 176 Å². The van der Waals surface area contributed by atoms with Gasteiger partial charge in [0.05, 0.1) is 29.4 Å². The lowest BCUT2D eigenvalue weighted by molar-refractivity contribution is 0.0470. The van der Waals surface area contributed by atoms with Crippen LogP contribution in [-0.2, 0) is 11.3 Å². The summed E-state index contributed by atoms with van der Waals surface area (Å²) in [7, 11) is 1.63. The molecule has 152 valence electrons. The molecule has 0 atom stereocenters. The van der Waals surface area contributed by atoms with Crippen LogP contribution in [0.15, 0.2) is 40.2 Å². The molecule has 8 heteroatoms. The molecule has 4 aromatic rings. The Morgan fingerprint density at radius 2 is 2.13 bits per heavy atom. The van der Waals surface area contributed by atoms with Crippen LogP contribution in [0.4, 0.5) is 0 Å². The van der Waals surface area contributed by atoms with Crippen molar-refractivity contribution in [3.05, 3.63) is 58.4 Å². The molecule has 0 bridgehead atoms. The van der Waals surface area contributed by atoms with Crippen LogP contribution < -0.4 is 4.74 Å². The normalized spacial score (nSPS) is 13.5. The largest absolute Gasteiger partial charge is 0.497 e. The van der Waals surface area contributed by atoms with Crippen molar-refractivity contribution in [1.82, 2.24) is 15.1 Å². The average Bonchev–Trinajstić information content (AvgIpc) is 3.41. The summed E-state index contributed by atoms with van der Waals surface area (Å²) in [6, 6.07) is 9.52. The van der Waals surface area contributed by atoms with E-state index in [0.717, 1.165) is 34.9 Å². The van der Waals surface area contributed by atoms with Gasteiger partial charge in [-0.05, 0) is 38.0 Å². The van der Waals surface area contributed by atoms with E-state index in [1.54, 1.807) is 14.0 Å². The summed E-state index contributed by atoms with van der Waals surface area (Å²) in [5.74, 6) is 0.731. The van der Waals surface area contributed by atoms with Gasteiger partial charge in [-0.2, -0.15) is 0 Å². The standard InChI is InChI=1S/C22H19N3O4S/c1-12-19-17(9-18(13-6-7-13)24-20(19)29-25-12)22(26)28-10-15-11-30-21(23-15)14-4-3-5-16(8-14)27-2/h3-5,8-9,11,13H,6-7,10H2,1-2H3. The molecule has 3 heterocycles. The minimum atomic E-state index is -0.425. The predicted octanol–water partition coefficient (Wildman–Crippen LogP) is 4.90. The average molecular weight is 421 g/mol. The van der Waals surface area contributed by atoms with Crippen LogP contribution in [0.5, 0.6) is 5.75 Å². The smallest absolute Gasteiger partial charge is 0.339 e. The Morgan fingerprint density at radius 1 is 1.27 bits per heavy atom. The summed E-state index contributed by atoms with van der Waals surface area (Å²) < 4.78 is 16.2. The van der Waals surface area contributed by atoms with Gasteiger partial charge >= 0.3 is 5.97 Å². The van der Waals surface area contributed by atoms with E-state index in [9.17, 15) is 4.79 Å². The first kappa shape index (κ1) is 18.7. The van der Waals surface area contributed by atoms with Crippen molar-refractivity contribution in [2.45, 2.75) is 32.3 Å². The zero-order valence-corrected chi connectivity index (χ0v) is 17.4. The SMILES string of the molecule is COc1cccc(-c2nc(COC(=O)c3cc(C4CC4)nc4onc(C)c34)cs2)c1. The third-order valence-corrected chi connectivity index (χ3v) is 6.01. The molecule has 1 saturated carbocycles. The van der Waals surface area contributed by atoms with Crippen LogP contribution >= 0.6 is 11.3 Å². The molecule has 3 aromatic heterocycles. The Kier molecular flexibility index (Phi) is 4.71. The first-order chi connectivity index (χ1) is 14.6. The third-order valence-electron chi connectivity index (χ3n) is 5.07. The fourth-order valence-electron chi connectivity index (χ4n) is 3.34. The lowest BCUT2D eigenvalue weighted by Crippen LogP contribution is -2.08. The minimum absolute atomic E-state index is 0.0895. The number of carbonyl (C=O) groups is 1. The van der Waals surface area contributed by atoms with Crippen LogP contribution in [0.25, 0.3) is 21.7 Å². The molecule has 0 unspecified atom stereocenters. The van der Waals surface area contributed by atoms with Gasteiger partial charge in [0.25, 0.3) is 5.71 Å².